The van der Waals surface area contributed by atoms with E-state index in [0.29, 0.717) is 12.8 Å². The monoisotopic (exact) mass is 226 g/mol. The van der Waals surface area contributed by atoms with Crippen molar-refractivity contribution in [3.8, 4) is 0 Å². The molecule has 3 heteroatoms. The van der Waals surface area contributed by atoms with Crippen LogP contribution in [0.15, 0.2) is 18.2 Å². The van der Waals surface area contributed by atoms with Gasteiger partial charge in [-0.05, 0) is 31.0 Å². The molecule has 0 saturated heterocycles. The van der Waals surface area contributed by atoms with E-state index in [9.17, 15) is 13.9 Å². The third-order valence-electron chi connectivity index (χ3n) is 3.36. The van der Waals surface area contributed by atoms with Gasteiger partial charge >= 0.3 is 0 Å². The summed E-state index contributed by atoms with van der Waals surface area (Å²) in [4.78, 5) is 0. The van der Waals surface area contributed by atoms with Crippen molar-refractivity contribution in [1.29, 1.82) is 0 Å². The van der Waals surface area contributed by atoms with Gasteiger partial charge in [0, 0.05) is 5.56 Å². The molecule has 1 aromatic rings. The minimum absolute atomic E-state index is 0.120. The molecule has 0 spiro atoms. The van der Waals surface area contributed by atoms with Gasteiger partial charge in [-0.15, -0.1) is 0 Å². The van der Waals surface area contributed by atoms with E-state index in [1.165, 1.54) is 0 Å². The summed E-state index contributed by atoms with van der Waals surface area (Å²) in [6.45, 7) is 0. The van der Waals surface area contributed by atoms with E-state index in [2.05, 4.69) is 0 Å². The molecule has 0 bridgehead atoms. The van der Waals surface area contributed by atoms with Crippen molar-refractivity contribution < 1.29 is 13.9 Å². The second-order valence-electron chi connectivity index (χ2n) is 4.57. The molecule has 0 unspecified atom stereocenters. The van der Waals surface area contributed by atoms with Gasteiger partial charge in [0.2, 0.25) is 0 Å². The fraction of sp³-hybridized carbons (Fsp3) is 0.538. The quantitative estimate of drug-likeness (QED) is 0.726. The van der Waals surface area contributed by atoms with Crippen LogP contribution < -0.4 is 0 Å². The maximum atomic E-state index is 13.6. The van der Waals surface area contributed by atoms with Gasteiger partial charge < -0.3 is 5.11 Å². The van der Waals surface area contributed by atoms with Crippen LogP contribution in [0.1, 0.15) is 44.1 Å². The van der Waals surface area contributed by atoms with E-state index >= 15 is 0 Å². The third-order valence-corrected chi connectivity index (χ3v) is 3.36. The van der Waals surface area contributed by atoms with Crippen LogP contribution in [-0.4, -0.2) is 5.11 Å². The highest BCUT2D eigenvalue weighted by atomic mass is 19.1. The number of hydrogen-bond acceptors (Lipinski definition) is 1. The first-order valence-corrected chi connectivity index (χ1v) is 5.80. The van der Waals surface area contributed by atoms with Crippen molar-refractivity contribution in [2.75, 3.05) is 0 Å². The highest BCUT2D eigenvalue weighted by Crippen LogP contribution is 2.37. The number of rotatable bonds is 1. The lowest BCUT2D eigenvalue weighted by molar-refractivity contribution is 0.0170. The lowest BCUT2D eigenvalue weighted by Gasteiger charge is -2.27. The first-order valence-electron chi connectivity index (χ1n) is 5.80. The highest BCUT2D eigenvalue weighted by molar-refractivity contribution is 5.25. The SMILES string of the molecule is OC1(c2cc(F)ccc2F)CCCCCC1. The molecule has 1 nitrogen and oxygen atoms in total. The van der Waals surface area contributed by atoms with E-state index in [4.69, 9.17) is 0 Å². The van der Waals surface area contributed by atoms with Gasteiger partial charge in [-0.3, -0.25) is 0 Å². The molecule has 0 radical (unpaired) electrons. The standard InChI is InChI=1S/C13H16F2O/c14-10-5-6-12(15)11(9-10)13(16)7-3-1-2-4-8-13/h5-6,9,16H,1-4,7-8H2. The summed E-state index contributed by atoms with van der Waals surface area (Å²) in [5.74, 6) is -1.00. The van der Waals surface area contributed by atoms with Gasteiger partial charge in [-0.1, -0.05) is 25.7 Å². The Bertz CT molecular complexity index is 368. The normalized spacial score (nSPS) is 20.4. The van der Waals surface area contributed by atoms with Crippen LogP contribution in [-0.2, 0) is 5.60 Å². The molecule has 0 atom stereocenters. The average Bonchev–Trinajstić information content (AvgIpc) is 2.48. The smallest absolute Gasteiger partial charge is 0.129 e. The number of benzene rings is 1. The Labute approximate surface area is 94.1 Å². The van der Waals surface area contributed by atoms with E-state index in [1.54, 1.807) is 0 Å². The van der Waals surface area contributed by atoms with Crippen LogP contribution in [0.25, 0.3) is 0 Å². The second kappa shape index (κ2) is 4.50. The van der Waals surface area contributed by atoms with Gasteiger partial charge in [-0.25, -0.2) is 8.78 Å². The number of halogens is 2. The van der Waals surface area contributed by atoms with Crippen molar-refractivity contribution in [2.45, 2.75) is 44.1 Å². The predicted octanol–water partition coefficient (Wildman–Crippen LogP) is 3.51. The third kappa shape index (κ3) is 2.24. The molecule has 0 heterocycles. The summed E-state index contributed by atoms with van der Waals surface area (Å²) in [6.07, 6.45) is 4.89. The molecule has 1 saturated carbocycles. The molecule has 0 aromatic heterocycles. The van der Waals surface area contributed by atoms with E-state index in [0.717, 1.165) is 43.9 Å². The lowest BCUT2D eigenvalue weighted by atomic mass is 9.86. The zero-order valence-corrected chi connectivity index (χ0v) is 9.18. The van der Waals surface area contributed by atoms with Gasteiger partial charge in [0.1, 0.15) is 11.6 Å². The molecular weight excluding hydrogens is 210 g/mol. The molecule has 1 aromatic carbocycles. The maximum Gasteiger partial charge on any atom is 0.129 e. The fourth-order valence-corrected chi connectivity index (χ4v) is 2.44. The first kappa shape index (κ1) is 11.5. The van der Waals surface area contributed by atoms with Gasteiger partial charge in [0.25, 0.3) is 0 Å². The highest BCUT2D eigenvalue weighted by Gasteiger charge is 2.32. The van der Waals surface area contributed by atoms with Crippen molar-refractivity contribution in [2.24, 2.45) is 0 Å². The van der Waals surface area contributed by atoms with E-state index in [-0.39, 0.29) is 5.56 Å². The molecule has 0 aliphatic heterocycles. The Kier molecular flexibility index (Phi) is 3.24. The van der Waals surface area contributed by atoms with Crippen LogP contribution in [0, 0.1) is 11.6 Å². The molecule has 0 amide bonds. The summed E-state index contributed by atoms with van der Waals surface area (Å²) in [6, 6.07) is 3.30. The Hall–Kier alpha value is -0.960. The molecule has 2 rings (SSSR count). The topological polar surface area (TPSA) is 20.2 Å². The van der Waals surface area contributed by atoms with Crippen LogP contribution in [0.5, 0.6) is 0 Å². The van der Waals surface area contributed by atoms with Crippen molar-refractivity contribution in [3.63, 3.8) is 0 Å². The number of hydrogen-bond donors (Lipinski definition) is 1. The molecule has 1 aliphatic rings. The molecule has 1 aliphatic carbocycles. The second-order valence-corrected chi connectivity index (χ2v) is 4.57. The van der Waals surface area contributed by atoms with Gasteiger partial charge in [-0.2, -0.15) is 0 Å². The van der Waals surface area contributed by atoms with Crippen LogP contribution in [0.4, 0.5) is 8.78 Å². The van der Waals surface area contributed by atoms with Crippen molar-refractivity contribution in [1.82, 2.24) is 0 Å². The minimum atomic E-state index is -1.18. The predicted molar refractivity (Wildman–Crippen MR) is 58.0 cm³/mol. The number of aliphatic hydroxyl groups is 1. The van der Waals surface area contributed by atoms with Crippen molar-refractivity contribution in [3.05, 3.63) is 35.4 Å². The maximum absolute atomic E-state index is 13.6. The van der Waals surface area contributed by atoms with Gasteiger partial charge in [0.05, 0.1) is 5.60 Å². The Morgan fingerprint density at radius 3 is 2.25 bits per heavy atom. The largest absolute Gasteiger partial charge is 0.385 e. The summed E-state index contributed by atoms with van der Waals surface area (Å²) in [7, 11) is 0. The van der Waals surface area contributed by atoms with E-state index in [1.807, 2.05) is 0 Å². The summed E-state index contributed by atoms with van der Waals surface area (Å²) in [5.41, 5.74) is -1.06. The van der Waals surface area contributed by atoms with Crippen molar-refractivity contribution >= 4 is 0 Å². The summed E-state index contributed by atoms with van der Waals surface area (Å²) < 4.78 is 26.7. The lowest BCUT2D eigenvalue weighted by Crippen LogP contribution is -2.26. The Morgan fingerprint density at radius 1 is 1.00 bits per heavy atom. The molecule has 88 valence electrons. The Morgan fingerprint density at radius 2 is 1.62 bits per heavy atom. The van der Waals surface area contributed by atoms with Crippen LogP contribution in [0.3, 0.4) is 0 Å². The van der Waals surface area contributed by atoms with Gasteiger partial charge in [0.15, 0.2) is 0 Å². The first-order chi connectivity index (χ1) is 7.62. The molecule has 1 fully saturated rings. The molecule has 1 N–H and O–H groups in total. The Balaban J connectivity index is 2.36. The average molecular weight is 226 g/mol. The molecule has 16 heavy (non-hydrogen) atoms. The summed E-state index contributed by atoms with van der Waals surface area (Å²) in [5, 5.41) is 10.4. The zero-order chi connectivity index (χ0) is 11.6. The zero-order valence-electron chi connectivity index (χ0n) is 9.18. The fourth-order valence-electron chi connectivity index (χ4n) is 2.44. The van der Waals surface area contributed by atoms with E-state index < -0.39 is 17.2 Å². The summed E-state index contributed by atoms with van der Waals surface area (Å²) >= 11 is 0. The van der Waals surface area contributed by atoms with Crippen LogP contribution >= 0.6 is 0 Å². The minimum Gasteiger partial charge on any atom is -0.385 e. The van der Waals surface area contributed by atoms with Crippen LogP contribution in [0.2, 0.25) is 0 Å². The molecular formula is C13H16F2O.